The summed E-state index contributed by atoms with van der Waals surface area (Å²) < 4.78 is 1.23. The molecule has 2 amide bonds. The highest BCUT2D eigenvalue weighted by molar-refractivity contribution is 5.88. The van der Waals surface area contributed by atoms with E-state index in [0.717, 1.165) is 0 Å². The predicted octanol–water partition coefficient (Wildman–Crippen LogP) is 0.355. The summed E-state index contributed by atoms with van der Waals surface area (Å²) >= 11 is 0. The highest BCUT2D eigenvalue weighted by Gasteiger charge is 2.12. The van der Waals surface area contributed by atoms with E-state index in [0.29, 0.717) is 18.1 Å². The molecule has 0 bridgehead atoms. The van der Waals surface area contributed by atoms with Gasteiger partial charge < -0.3 is 20.3 Å². The fourth-order valence-corrected chi connectivity index (χ4v) is 1.55. The summed E-state index contributed by atoms with van der Waals surface area (Å²) in [6.45, 7) is 0.0835. The van der Waals surface area contributed by atoms with E-state index in [1.807, 2.05) is 0 Å². The van der Waals surface area contributed by atoms with E-state index in [-0.39, 0.29) is 12.6 Å². The summed E-state index contributed by atoms with van der Waals surface area (Å²) in [5, 5.41) is 15.1. The number of anilines is 1. The van der Waals surface area contributed by atoms with Crippen LogP contribution in [0.5, 0.6) is 0 Å². The van der Waals surface area contributed by atoms with Gasteiger partial charge in [-0.05, 0) is 0 Å². The molecule has 9 nitrogen and oxygen atoms in total. The van der Waals surface area contributed by atoms with E-state index in [9.17, 15) is 9.59 Å². The number of hydrogen-bond acceptors (Lipinski definition) is 4. The number of hydrogen-bond donors (Lipinski definition) is 3. The molecule has 0 saturated carbocycles. The average Bonchev–Trinajstić information content (AvgIpc) is 3.00. The van der Waals surface area contributed by atoms with Gasteiger partial charge in [0, 0.05) is 25.6 Å². The van der Waals surface area contributed by atoms with Crippen molar-refractivity contribution in [3.8, 4) is 0 Å². The third-order valence-electron chi connectivity index (χ3n) is 2.47. The van der Waals surface area contributed by atoms with Crippen molar-refractivity contribution in [1.29, 1.82) is 0 Å². The van der Waals surface area contributed by atoms with Crippen molar-refractivity contribution in [3.63, 3.8) is 0 Å². The minimum absolute atomic E-state index is 0.252. The van der Waals surface area contributed by atoms with Gasteiger partial charge in [0.1, 0.15) is 12.4 Å². The maximum atomic E-state index is 11.9. The molecule has 0 fully saturated rings. The molecule has 0 aromatic carbocycles. The van der Waals surface area contributed by atoms with E-state index in [1.54, 1.807) is 19.4 Å². The zero-order valence-corrected chi connectivity index (χ0v) is 10.8. The smallest absolute Gasteiger partial charge is 0.325 e. The summed E-state index contributed by atoms with van der Waals surface area (Å²) in [5.74, 6) is -0.329. The monoisotopic (exact) mass is 278 g/mol. The summed E-state index contributed by atoms with van der Waals surface area (Å²) in [7, 11) is 1.62. The van der Waals surface area contributed by atoms with Gasteiger partial charge in [-0.3, -0.25) is 9.48 Å². The fraction of sp³-hybridized carbons (Fsp3) is 0.273. The van der Waals surface area contributed by atoms with Crippen LogP contribution in [0.3, 0.4) is 0 Å². The third kappa shape index (κ3) is 3.57. The van der Waals surface area contributed by atoms with Crippen molar-refractivity contribution < 1.29 is 14.7 Å². The Balaban J connectivity index is 1.90. The third-order valence-corrected chi connectivity index (χ3v) is 2.47. The van der Waals surface area contributed by atoms with Crippen LogP contribution in [0.4, 0.5) is 10.5 Å². The number of aliphatic carboxylic acids is 1. The number of urea groups is 1. The molecule has 3 N–H and O–H groups in total. The molecule has 2 aromatic heterocycles. The first-order valence-corrected chi connectivity index (χ1v) is 5.79. The summed E-state index contributed by atoms with van der Waals surface area (Å²) in [6.07, 6.45) is 6.13. The topological polar surface area (TPSA) is 116 Å². The molecule has 0 saturated heterocycles. The Labute approximate surface area is 114 Å². The minimum atomic E-state index is -0.999. The molecule has 0 aliphatic rings. The van der Waals surface area contributed by atoms with Gasteiger partial charge in [0.25, 0.3) is 0 Å². The van der Waals surface area contributed by atoms with Crippen molar-refractivity contribution in [2.24, 2.45) is 0 Å². The lowest BCUT2D eigenvalue weighted by atomic mass is 10.5. The molecule has 20 heavy (non-hydrogen) atoms. The quantitative estimate of drug-likeness (QED) is 0.730. The second-order valence-corrected chi connectivity index (χ2v) is 4.14. The van der Waals surface area contributed by atoms with Crippen LogP contribution in [0.2, 0.25) is 0 Å². The predicted molar refractivity (Wildman–Crippen MR) is 68.9 cm³/mol. The van der Waals surface area contributed by atoms with Crippen molar-refractivity contribution >= 4 is 17.7 Å². The maximum absolute atomic E-state index is 11.9. The van der Waals surface area contributed by atoms with E-state index in [2.05, 4.69) is 20.4 Å². The lowest BCUT2D eigenvalue weighted by Crippen LogP contribution is -2.31. The molecule has 0 atom stereocenters. The number of nitrogens with zero attached hydrogens (tertiary/aromatic N) is 4. The number of H-pyrrole nitrogens is 1. The molecule has 2 heterocycles. The molecule has 0 radical (unpaired) electrons. The zero-order chi connectivity index (χ0) is 14.5. The molecule has 0 aliphatic carbocycles. The molecule has 0 unspecified atom stereocenters. The Morgan fingerprint density at radius 2 is 2.35 bits per heavy atom. The number of imidazole rings is 1. The number of carbonyl (C=O) groups excluding carboxylic acids is 1. The number of nitrogens with one attached hydrogen (secondary N) is 2. The Morgan fingerprint density at radius 3 is 3.00 bits per heavy atom. The van der Waals surface area contributed by atoms with Gasteiger partial charge in [-0.2, -0.15) is 5.10 Å². The minimum Gasteiger partial charge on any atom is -0.480 e. The number of carboxylic acid groups (broad SMARTS) is 1. The number of aromatic nitrogens is 4. The summed E-state index contributed by atoms with van der Waals surface area (Å²) in [5.41, 5.74) is 0.433. The first-order valence-electron chi connectivity index (χ1n) is 5.79. The Morgan fingerprint density at radius 1 is 1.55 bits per heavy atom. The van der Waals surface area contributed by atoms with Crippen LogP contribution in [0, 0.1) is 0 Å². The van der Waals surface area contributed by atoms with Gasteiger partial charge in [-0.1, -0.05) is 0 Å². The van der Waals surface area contributed by atoms with Crippen molar-refractivity contribution in [2.45, 2.75) is 13.1 Å². The number of aromatic amines is 1. The molecule has 9 heteroatoms. The van der Waals surface area contributed by atoms with Crippen LogP contribution in [0.25, 0.3) is 0 Å². The van der Waals surface area contributed by atoms with Gasteiger partial charge in [-0.25, -0.2) is 9.78 Å². The second kappa shape index (κ2) is 5.87. The zero-order valence-electron chi connectivity index (χ0n) is 10.8. The van der Waals surface area contributed by atoms with Crippen LogP contribution in [-0.2, 0) is 17.9 Å². The first kappa shape index (κ1) is 13.6. The average molecular weight is 278 g/mol. The Hall–Kier alpha value is -2.84. The normalized spacial score (nSPS) is 10.2. The van der Waals surface area contributed by atoms with E-state index in [1.165, 1.54) is 22.0 Å². The van der Waals surface area contributed by atoms with Gasteiger partial charge in [0.2, 0.25) is 0 Å². The molecule has 2 aromatic rings. The fourth-order valence-electron chi connectivity index (χ4n) is 1.55. The van der Waals surface area contributed by atoms with E-state index < -0.39 is 5.97 Å². The number of carbonyl (C=O) groups is 2. The van der Waals surface area contributed by atoms with Gasteiger partial charge in [0.15, 0.2) is 0 Å². The van der Waals surface area contributed by atoms with Crippen molar-refractivity contribution in [1.82, 2.24) is 24.6 Å². The maximum Gasteiger partial charge on any atom is 0.325 e. The van der Waals surface area contributed by atoms with Crippen LogP contribution in [0.15, 0.2) is 24.8 Å². The molecule has 0 spiro atoms. The SMILES string of the molecule is CN(Cc1ncc[nH]1)C(=O)Nc1cnn(CC(=O)O)c1. The number of rotatable bonds is 5. The molecule has 106 valence electrons. The highest BCUT2D eigenvalue weighted by Crippen LogP contribution is 2.07. The number of amides is 2. The van der Waals surface area contributed by atoms with Crippen molar-refractivity contribution in [2.75, 3.05) is 12.4 Å². The lowest BCUT2D eigenvalue weighted by Gasteiger charge is -2.15. The van der Waals surface area contributed by atoms with Crippen LogP contribution < -0.4 is 5.32 Å². The standard InChI is InChI=1S/C11H14N6O3/c1-16(6-9-12-2-3-13-9)11(20)15-8-4-14-17(5-8)7-10(18)19/h2-5H,6-7H2,1H3,(H,12,13)(H,15,20)(H,18,19). The molecular formula is C11H14N6O3. The Bertz CT molecular complexity index is 591. The lowest BCUT2D eigenvalue weighted by molar-refractivity contribution is -0.137. The van der Waals surface area contributed by atoms with Crippen molar-refractivity contribution in [3.05, 3.63) is 30.6 Å². The van der Waals surface area contributed by atoms with E-state index in [4.69, 9.17) is 5.11 Å². The van der Waals surface area contributed by atoms with Crippen LogP contribution >= 0.6 is 0 Å². The van der Waals surface area contributed by atoms with Gasteiger partial charge in [0.05, 0.1) is 18.4 Å². The summed E-state index contributed by atoms with van der Waals surface area (Å²) in [4.78, 5) is 30.8. The highest BCUT2D eigenvalue weighted by atomic mass is 16.4. The Kier molecular flexibility index (Phi) is 3.99. The van der Waals surface area contributed by atoms with Gasteiger partial charge in [-0.15, -0.1) is 0 Å². The van der Waals surface area contributed by atoms with Crippen LogP contribution in [0.1, 0.15) is 5.82 Å². The second-order valence-electron chi connectivity index (χ2n) is 4.14. The van der Waals surface area contributed by atoms with E-state index >= 15 is 0 Å². The molecular weight excluding hydrogens is 264 g/mol. The number of carboxylic acids is 1. The largest absolute Gasteiger partial charge is 0.480 e. The first-order chi connectivity index (χ1) is 9.54. The molecule has 2 rings (SSSR count). The summed E-state index contributed by atoms with van der Waals surface area (Å²) in [6, 6.07) is -0.337. The van der Waals surface area contributed by atoms with Gasteiger partial charge >= 0.3 is 12.0 Å². The molecule has 0 aliphatic heterocycles. The van der Waals surface area contributed by atoms with Crippen LogP contribution in [-0.4, -0.2) is 48.8 Å².